The number of ether oxygens (including phenoxy) is 1. The predicted octanol–water partition coefficient (Wildman–Crippen LogP) is 2.54. The van der Waals surface area contributed by atoms with Crippen molar-refractivity contribution >= 4 is 23.5 Å². The quantitative estimate of drug-likeness (QED) is 0.808. The number of benzene rings is 1. The van der Waals surface area contributed by atoms with Crippen molar-refractivity contribution in [1.82, 2.24) is 4.90 Å². The lowest BCUT2D eigenvalue weighted by Gasteiger charge is -2.33. The Bertz CT molecular complexity index is 791. The summed E-state index contributed by atoms with van der Waals surface area (Å²) in [6.07, 6.45) is 0.866. The molecule has 2 fully saturated rings. The largest absolute Gasteiger partial charge is 0.481 e. The van der Waals surface area contributed by atoms with Crippen LogP contribution in [0.3, 0.4) is 0 Å². The highest BCUT2D eigenvalue weighted by Gasteiger charge is 2.54. The zero-order valence-electron chi connectivity index (χ0n) is 16.7. The van der Waals surface area contributed by atoms with Crippen molar-refractivity contribution in [3.8, 4) is 0 Å². The van der Waals surface area contributed by atoms with Gasteiger partial charge in [-0.05, 0) is 43.0 Å². The van der Waals surface area contributed by atoms with E-state index in [-0.39, 0.29) is 30.2 Å². The molecule has 0 bridgehead atoms. The Morgan fingerprint density at radius 2 is 2.11 bits per heavy atom. The van der Waals surface area contributed by atoms with E-state index < -0.39 is 11.4 Å². The number of hydrogen-bond donors (Lipinski definition) is 2. The molecule has 1 aromatic carbocycles. The van der Waals surface area contributed by atoms with Crippen LogP contribution in [0.5, 0.6) is 0 Å². The first kappa shape index (κ1) is 20.3. The van der Waals surface area contributed by atoms with Gasteiger partial charge in [-0.2, -0.15) is 0 Å². The molecule has 0 unspecified atom stereocenters. The molecule has 2 atom stereocenters. The number of hydrogen-bond acceptors (Lipinski definition) is 4. The normalized spacial score (nSPS) is 24.1. The summed E-state index contributed by atoms with van der Waals surface area (Å²) in [4.78, 5) is 38.5. The van der Waals surface area contributed by atoms with Gasteiger partial charge in [0.2, 0.25) is 5.91 Å². The third-order valence-electron chi connectivity index (χ3n) is 5.76. The SMILES string of the molecule is Cc1cc(C(=O)N2C[C@H]3COCC[C@@]3(C(=O)O)C2)ccc1NC(=O)CC(C)C. The van der Waals surface area contributed by atoms with Crippen molar-refractivity contribution in [2.24, 2.45) is 17.3 Å². The molecule has 152 valence electrons. The second-order valence-electron chi connectivity index (χ2n) is 8.34. The van der Waals surface area contributed by atoms with E-state index in [0.717, 1.165) is 5.56 Å². The van der Waals surface area contributed by atoms with Gasteiger partial charge < -0.3 is 20.1 Å². The van der Waals surface area contributed by atoms with E-state index >= 15 is 0 Å². The maximum atomic E-state index is 13.0. The molecule has 3 rings (SSSR count). The number of nitrogens with zero attached hydrogens (tertiary/aromatic N) is 1. The fourth-order valence-corrected chi connectivity index (χ4v) is 4.15. The number of carbonyl (C=O) groups excluding carboxylic acids is 2. The maximum Gasteiger partial charge on any atom is 0.311 e. The number of carboxylic acid groups (broad SMARTS) is 1. The van der Waals surface area contributed by atoms with Gasteiger partial charge in [0, 0.05) is 43.3 Å². The molecule has 2 aliphatic rings. The van der Waals surface area contributed by atoms with Crippen LogP contribution in [0.1, 0.15) is 42.6 Å². The highest BCUT2D eigenvalue weighted by molar-refractivity contribution is 5.97. The molecule has 28 heavy (non-hydrogen) atoms. The fourth-order valence-electron chi connectivity index (χ4n) is 4.15. The lowest BCUT2D eigenvalue weighted by Crippen LogP contribution is -2.45. The Kier molecular flexibility index (Phi) is 5.74. The van der Waals surface area contributed by atoms with Gasteiger partial charge in [0.05, 0.1) is 12.0 Å². The Hall–Kier alpha value is -2.41. The fraction of sp³-hybridized carbons (Fsp3) is 0.571. The average Bonchev–Trinajstić information content (AvgIpc) is 3.03. The summed E-state index contributed by atoms with van der Waals surface area (Å²) in [5.74, 6) is -0.998. The maximum absolute atomic E-state index is 13.0. The van der Waals surface area contributed by atoms with Crippen LogP contribution in [0.15, 0.2) is 18.2 Å². The number of anilines is 1. The van der Waals surface area contributed by atoms with Crippen LogP contribution in [-0.4, -0.2) is 54.1 Å². The topological polar surface area (TPSA) is 95.9 Å². The first-order valence-corrected chi connectivity index (χ1v) is 9.74. The van der Waals surface area contributed by atoms with Gasteiger partial charge in [-0.25, -0.2) is 0 Å². The number of aliphatic carboxylic acids is 1. The molecule has 2 N–H and O–H groups in total. The molecule has 2 aliphatic heterocycles. The molecule has 1 aromatic rings. The first-order valence-electron chi connectivity index (χ1n) is 9.74. The molecule has 0 aliphatic carbocycles. The van der Waals surface area contributed by atoms with E-state index in [0.29, 0.717) is 43.9 Å². The van der Waals surface area contributed by atoms with Crippen molar-refractivity contribution in [3.63, 3.8) is 0 Å². The van der Waals surface area contributed by atoms with Crippen molar-refractivity contribution in [3.05, 3.63) is 29.3 Å². The number of rotatable bonds is 5. The summed E-state index contributed by atoms with van der Waals surface area (Å²) in [6.45, 7) is 7.19. The van der Waals surface area contributed by atoms with E-state index in [1.165, 1.54) is 0 Å². The Balaban J connectivity index is 1.74. The smallest absolute Gasteiger partial charge is 0.311 e. The second-order valence-corrected chi connectivity index (χ2v) is 8.34. The summed E-state index contributed by atoms with van der Waals surface area (Å²) >= 11 is 0. The zero-order chi connectivity index (χ0) is 20.5. The van der Waals surface area contributed by atoms with E-state index in [1.807, 2.05) is 20.8 Å². The first-order chi connectivity index (χ1) is 13.2. The summed E-state index contributed by atoms with van der Waals surface area (Å²) in [5.41, 5.74) is 1.08. The Morgan fingerprint density at radius 3 is 2.71 bits per heavy atom. The van der Waals surface area contributed by atoms with Crippen molar-refractivity contribution in [1.29, 1.82) is 0 Å². The molecule has 0 radical (unpaired) electrons. The molecule has 7 nitrogen and oxygen atoms in total. The highest BCUT2D eigenvalue weighted by atomic mass is 16.5. The van der Waals surface area contributed by atoms with Gasteiger partial charge in [-0.3, -0.25) is 14.4 Å². The number of aryl methyl sites for hydroxylation is 1. The summed E-state index contributed by atoms with van der Waals surface area (Å²) < 4.78 is 5.45. The number of carboxylic acids is 1. The minimum Gasteiger partial charge on any atom is -0.481 e. The predicted molar refractivity (Wildman–Crippen MR) is 104 cm³/mol. The van der Waals surface area contributed by atoms with Crippen LogP contribution in [-0.2, 0) is 14.3 Å². The number of nitrogens with one attached hydrogen (secondary N) is 1. The summed E-state index contributed by atoms with van der Waals surface area (Å²) in [6, 6.07) is 5.17. The molecule has 2 saturated heterocycles. The van der Waals surface area contributed by atoms with E-state index in [1.54, 1.807) is 23.1 Å². The molecule has 0 saturated carbocycles. The van der Waals surface area contributed by atoms with Crippen molar-refractivity contribution in [2.75, 3.05) is 31.6 Å². The van der Waals surface area contributed by atoms with Gasteiger partial charge >= 0.3 is 5.97 Å². The number of fused-ring (bicyclic) bond motifs is 1. The van der Waals surface area contributed by atoms with Gasteiger partial charge in [0.15, 0.2) is 0 Å². The third kappa shape index (κ3) is 3.90. The van der Waals surface area contributed by atoms with Crippen molar-refractivity contribution < 1.29 is 24.2 Å². The number of carbonyl (C=O) groups is 3. The average molecular weight is 388 g/mol. The molecular formula is C21H28N2O5. The van der Waals surface area contributed by atoms with Gasteiger partial charge in [0.25, 0.3) is 5.91 Å². The lowest BCUT2D eigenvalue weighted by molar-refractivity contribution is -0.157. The number of likely N-dealkylation sites (tertiary alicyclic amines) is 1. The van der Waals surface area contributed by atoms with E-state index in [4.69, 9.17) is 4.74 Å². The van der Waals surface area contributed by atoms with E-state index in [2.05, 4.69) is 5.32 Å². The van der Waals surface area contributed by atoms with Crippen LogP contribution < -0.4 is 5.32 Å². The van der Waals surface area contributed by atoms with Crippen LogP contribution in [0.25, 0.3) is 0 Å². The van der Waals surface area contributed by atoms with Crippen LogP contribution in [0.4, 0.5) is 5.69 Å². The molecule has 7 heteroatoms. The molecule has 0 spiro atoms. The zero-order valence-corrected chi connectivity index (χ0v) is 16.7. The monoisotopic (exact) mass is 388 g/mol. The van der Waals surface area contributed by atoms with Crippen LogP contribution in [0.2, 0.25) is 0 Å². The summed E-state index contributed by atoms with van der Waals surface area (Å²) in [5, 5.41) is 12.6. The third-order valence-corrected chi connectivity index (χ3v) is 5.76. The Labute approximate surface area is 165 Å². The van der Waals surface area contributed by atoms with Gasteiger partial charge in [0.1, 0.15) is 0 Å². The highest BCUT2D eigenvalue weighted by Crippen LogP contribution is 2.42. The van der Waals surface area contributed by atoms with Crippen LogP contribution in [0, 0.1) is 24.2 Å². The minimum absolute atomic E-state index is 0.0517. The Morgan fingerprint density at radius 1 is 1.36 bits per heavy atom. The van der Waals surface area contributed by atoms with Crippen LogP contribution >= 0.6 is 0 Å². The van der Waals surface area contributed by atoms with Gasteiger partial charge in [-0.15, -0.1) is 0 Å². The second kappa shape index (κ2) is 7.91. The molecule has 2 heterocycles. The van der Waals surface area contributed by atoms with Crippen molar-refractivity contribution in [2.45, 2.75) is 33.6 Å². The summed E-state index contributed by atoms with van der Waals surface area (Å²) in [7, 11) is 0. The standard InChI is InChI=1S/C21H28N2O5/c1-13(2)8-18(24)22-17-5-4-15(9-14(17)3)19(25)23-10-16-11-28-7-6-21(16,12-23)20(26)27/h4-5,9,13,16H,6-8,10-12H2,1-3H3,(H,22,24)(H,26,27)/t16-,21+/m0/s1. The minimum atomic E-state index is -0.909. The molecule has 0 aromatic heterocycles. The van der Waals surface area contributed by atoms with Gasteiger partial charge in [-0.1, -0.05) is 13.8 Å². The molecule has 2 amide bonds. The molecular weight excluding hydrogens is 360 g/mol. The lowest BCUT2D eigenvalue weighted by atomic mass is 9.74. The van der Waals surface area contributed by atoms with E-state index in [9.17, 15) is 19.5 Å². The number of amides is 2.